The molecule has 2 amide bonds. The third kappa shape index (κ3) is 6.30. The summed E-state index contributed by atoms with van der Waals surface area (Å²) in [4.78, 5) is 47.2. The molecule has 8 nitrogen and oxygen atoms in total. The lowest BCUT2D eigenvalue weighted by Crippen LogP contribution is -2.44. The number of carbonyl (C=O) groups excluding carboxylic acids is 3. The van der Waals surface area contributed by atoms with Crippen LogP contribution >= 0.6 is 23.4 Å². The Morgan fingerprint density at radius 3 is 2.53 bits per heavy atom. The van der Waals surface area contributed by atoms with E-state index in [1.54, 1.807) is 24.3 Å². The number of nitrogens with zero attached hydrogens (tertiary/aromatic N) is 1. The second-order valence-electron chi connectivity index (χ2n) is 6.36. The predicted molar refractivity (Wildman–Crippen MR) is 117 cm³/mol. The van der Waals surface area contributed by atoms with Gasteiger partial charge in [0.25, 0.3) is 11.6 Å². The van der Waals surface area contributed by atoms with Crippen LogP contribution in [0.1, 0.15) is 34.1 Å². The first-order valence-electron chi connectivity index (χ1n) is 8.88. The minimum atomic E-state index is -0.874. The molecule has 0 aliphatic heterocycles. The first-order valence-corrected chi connectivity index (χ1v) is 10.7. The van der Waals surface area contributed by atoms with Gasteiger partial charge in [-0.3, -0.25) is 24.5 Å². The van der Waals surface area contributed by atoms with Crippen molar-refractivity contribution in [3.63, 3.8) is 0 Å². The second kappa shape index (κ2) is 10.7. The van der Waals surface area contributed by atoms with E-state index in [0.717, 1.165) is 6.07 Å². The average molecular weight is 450 g/mol. The number of carbonyl (C=O) groups is 3. The summed E-state index contributed by atoms with van der Waals surface area (Å²) >= 11 is 7.29. The lowest BCUT2D eigenvalue weighted by Gasteiger charge is -2.18. The molecule has 1 atom stereocenters. The Hall–Kier alpha value is -2.91. The number of ketones is 1. The lowest BCUT2D eigenvalue weighted by atomic mass is 10.1. The van der Waals surface area contributed by atoms with Crippen molar-refractivity contribution in [1.82, 2.24) is 5.32 Å². The Labute approximate surface area is 182 Å². The van der Waals surface area contributed by atoms with Crippen LogP contribution in [0.2, 0.25) is 5.02 Å². The summed E-state index contributed by atoms with van der Waals surface area (Å²) < 4.78 is 0. The van der Waals surface area contributed by atoms with Gasteiger partial charge in [0.2, 0.25) is 5.91 Å². The summed E-state index contributed by atoms with van der Waals surface area (Å²) in [5, 5.41) is 16.3. The summed E-state index contributed by atoms with van der Waals surface area (Å²) in [7, 11) is 0. The fraction of sp³-hybridized carbons (Fsp3) is 0.250. The molecule has 0 aromatic heterocycles. The van der Waals surface area contributed by atoms with E-state index in [2.05, 4.69) is 10.6 Å². The quantitative estimate of drug-likeness (QED) is 0.340. The van der Waals surface area contributed by atoms with Gasteiger partial charge in [-0.25, -0.2) is 0 Å². The van der Waals surface area contributed by atoms with Gasteiger partial charge in [0.1, 0.15) is 11.1 Å². The maximum absolute atomic E-state index is 12.7. The molecule has 0 aliphatic carbocycles. The van der Waals surface area contributed by atoms with Crippen molar-refractivity contribution in [2.45, 2.75) is 19.4 Å². The smallest absolute Gasteiger partial charge is 0.288 e. The Balaban J connectivity index is 2.18. The van der Waals surface area contributed by atoms with Gasteiger partial charge >= 0.3 is 0 Å². The first kappa shape index (κ1) is 23.4. The monoisotopic (exact) mass is 449 g/mol. The molecule has 2 aromatic carbocycles. The minimum Gasteiger partial charge on any atom is -0.340 e. The molecule has 0 saturated heterocycles. The van der Waals surface area contributed by atoms with E-state index in [1.165, 1.54) is 30.8 Å². The van der Waals surface area contributed by atoms with Crippen LogP contribution in [0.3, 0.4) is 0 Å². The van der Waals surface area contributed by atoms with E-state index < -0.39 is 28.5 Å². The normalized spacial score (nSPS) is 11.4. The Morgan fingerprint density at radius 2 is 1.90 bits per heavy atom. The van der Waals surface area contributed by atoms with Crippen LogP contribution in [0.5, 0.6) is 0 Å². The number of hydrogen-bond acceptors (Lipinski definition) is 6. The third-order valence-electron chi connectivity index (χ3n) is 4.17. The van der Waals surface area contributed by atoms with Crippen molar-refractivity contribution in [2.24, 2.45) is 0 Å². The summed E-state index contributed by atoms with van der Waals surface area (Å²) in [5.74, 6) is -0.621. The minimum absolute atomic E-state index is 0.0200. The molecule has 0 radical (unpaired) electrons. The molecule has 0 aliphatic rings. The van der Waals surface area contributed by atoms with Gasteiger partial charge in [0.05, 0.1) is 4.92 Å². The molecular formula is C20H20ClN3O5S. The van der Waals surface area contributed by atoms with E-state index in [1.807, 2.05) is 6.26 Å². The van der Waals surface area contributed by atoms with Gasteiger partial charge in [-0.05, 0) is 49.6 Å². The number of rotatable bonds is 9. The molecular weight excluding hydrogens is 430 g/mol. The number of nitro groups is 1. The number of Topliss-reactive ketones (excluding diaryl/α,β-unsaturated/α-hetero) is 1. The summed E-state index contributed by atoms with van der Waals surface area (Å²) in [5.41, 5.74) is 0.506. The van der Waals surface area contributed by atoms with E-state index >= 15 is 0 Å². The second-order valence-corrected chi connectivity index (χ2v) is 7.75. The molecule has 2 aromatic rings. The third-order valence-corrected chi connectivity index (χ3v) is 5.14. The summed E-state index contributed by atoms with van der Waals surface area (Å²) in [6, 6.07) is 9.28. The van der Waals surface area contributed by atoms with E-state index in [9.17, 15) is 24.5 Å². The van der Waals surface area contributed by atoms with Crippen molar-refractivity contribution in [2.75, 3.05) is 17.3 Å². The highest BCUT2D eigenvalue weighted by molar-refractivity contribution is 7.98. The average Bonchev–Trinajstić information content (AvgIpc) is 2.71. The Morgan fingerprint density at radius 1 is 1.17 bits per heavy atom. The molecule has 1 unspecified atom stereocenters. The van der Waals surface area contributed by atoms with Crippen LogP contribution in [0.4, 0.5) is 11.4 Å². The van der Waals surface area contributed by atoms with Gasteiger partial charge in [-0.1, -0.05) is 23.7 Å². The number of thioether (sulfide) groups is 1. The van der Waals surface area contributed by atoms with E-state index in [4.69, 9.17) is 11.6 Å². The highest BCUT2D eigenvalue weighted by Crippen LogP contribution is 2.25. The standard InChI is InChI=1S/C20H20ClN3O5S/c1-12(25)13-4-3-5-15(10-13)22-20(27)17(8-9-30-2)23-19(26)14-6-7-16(21)18(11-14)24(28)29/h3-7,10-11,17H,8-9H2,1-2H3,(H,22,27)(H,23,26). The first-order chi connectivity index (χ1) is 14.2. The van der Waals surface area contributed by atoms with Crippen molar-refractivity contribution in [1.29, 1.82) is 0 Å². The van der Waals surface area contributed by atoms with Crippen LogP contribution in [0.25, 0.3) is 0 Å². The molecule has 0 fully saturated rings. The lowest BCUT2D eigenvalue weighted by molar-refractivity contribution is -0.384. The van der Waals surface area contributed by atoms with Gasteiger partial charge in [0, 0.05) is 22.9 Å². The van der Waals surface area contributed by atoms with Gasteiger partial charge < -0.3 is 10.6 Å². The van der Waals surface area contributed by atoms with Crippen LogP contribution in [0, 0.1) is 10.1 Å². The molecule has 0 bridgehead atoms. The SMILES string of the molecule is CSCCC(NC(=O)c1ccc(Cl)c([N+](=O)[O-])c1)C(=O)Nc1cccc(C(C)=O)c1. The van der Waals surface area contributed by atoms with E-state index in [-0.39, 0.29) is 16.4 Å². The molecule has 0 spiro atoms. The fourth-order valence-electron chi connectivity index (χ4n) is 2.59. The van der Waals surface area contributed by atoms with Gasteiger partial charge in [0.15, 0.2) is 5.78 Å². The largest absolute Gasteiger partial charge is 0.340 e. The number of anilines is 1. The maximum atomic E-state index is 12.7. The zero-order valence-electron chi connectivity index (χ0n) is 16.3. The van der Waals surface area contributed by atoms with Crippen LogP contribution < -0.4 is 10.6 Å². The zero-order valence-corrected chi connectivity index (χ0v) is 17.9. The number of nitro benzene ring substituents is 1. The molecule has 10 heteroatoms. The highest BCUT2D eigenvalue weighted by Gasteiger charge is 2.23. The maximum Gasteiger partial charge on any atom is 0.288 e. The topological polar surface area (TPSA) is 118 Å². The summed E-state index contributed by atoms with van der Waals surface area (Å²) in [6.07, 6.45) is 2.22. The van der Waals surface area contributed by atoms with E-state index in [0.29, 0.717) is 23.4 Å². The molecule has 158 valence electrons. The van der Waals surface area contributed by atoms with Crippen LogP contribution in [0.15, 0.2) is 42.5 Å². The van der Waals surface area contributed by atoms with Crippen molar-refractivity contribution < 1.29 is 19.3 Å². The van der Waals surface area contributed by atoms with Crippen molar-refractivity contribution >= 4 is 52.3 Å². The van der Waals surface area contributed by atoms with Crippen LogP contribution in [-0.2, 0) is 4.79 Å². The number of nitrogens with one attached hydrogen (secondary N) is 2. The zero-order chi connectivity index (χ0) is 22.3. The van der Waals surface area contributed by atoms with Crippen molar-refractivity contribution in [3.8, 4) is 0 Å². The van der Waals surface area contributed by atoms with Crippen LogP contribution in [-0.4, -0.2) is 40.6 Å². The highest BCUT2D eigenvalue weighted by atomic mass is 35.5. The molecule has 2 N–H and O–H groups in total. The number of benzene rings is 2. The Bertz CT molecular complexity index is 983. The molecule has 0 heterocycles. The number of hydrogen-bond donors (Lipinski definition) is 2. The van der Waals surface area contributed by atoms with Crippen molar-refractivity contribution in [3.05, 3.63) is 68.7 Å². The molecule has 0 saturated carbocycles. The van der Waals surface area contributed by atoms with Gasteiger partial charge in [-0.15, -0.1) is 0 Å². The number of amides is 2. The summed E-state index contributed by atoms with van der Waals surface area (Å²) in [6.45, 7) is 1.42. The molecule has 2 rings (SSSR count). The predicted octanol–water partition coefficient (Wildman–Crippen LogP) is 3.94. The van der Waals surface area contributed by atoms with Gasteiger partial charge in [-0.2, -0.15) is 11.8 Å². The molecule has 30 heavy (non-hydrogen) atoms. The number of halogens is 1. The Kier molecular flexibility index (Phi) is 8.37. The fourth-order valence-corrected chi connectivity index (χ4v) is 3.24.